The zero-order chi connectivity index (χ0) is 15.3. The minimum atomic E-state index is 0.0905. The first kappa shape index (κ1) is 15.0. The number of para-hydroxylation sites is 1. The fourth-order valence-corrected chi connectivity index (χ4v) is 2.07. The van der Waals surface area contributed by atoms with E-state index in [1.807, 2.05) is 6.07 Å². The summed E-state index contributed by atoms with van der Waals surface area (Å²) in [5.74, 6) is 1.18. The van der Waals surface area contributed by atoms with E-state index in [2.05, 4.69) is 49.3 Å². The quantitative estimate of drug-likeness (QED) is 0.813. The van der Waals surface area contributed by atoms with Gasteiger partial charge < -0.3 is 15.1 Å². The van der Waals surface area contributed by atoms with Crippen molar-refractivity contribution in [3.8, 4) is 0 Å². The van der Waals surface area contributed by atoms with E-state index in [0.717, 1.165) is 5.69 Å². The van der Waals surface area contributed by atoms with Crippen LogP contribution in [0.5, 0.6) is 0 Å². The van der Waals surface area contributed by atoms with Crippen LogP contribution in [0.3, 0.4) is 0 Å². The van der Waals surface area contributed by atoms with Crippen molar-refractivity contribution in [2.75, 3.05) is 12.0 Å². The van der Waals surface area contributed by atoms with Crippen LogP contribution in [0.15, 0.2) is 45.8 Å². The minimum absolute atomic E-state index is 0.0905. The van der Waals surface area contributed by atoms with Crippen LogP contribution in [0.1, 0.15) is 37.9 Å². The van der Waals surface area contributed by atoms with Crippen LogP contribution in [-0.4, -0.2) is 19.1 Å². The van der Waals surface area contributed by atoms with E-state index in [-0.39, 0.29) is 5.41 Å². The molecular formula is C17H21N3O. The van der Waals surface area contributed by atoms with Gasteiger partial charge in [-0.05, 0) is 29.2 Å². The maximum absolute atomic E-state index is 7.09. The van der Waals surface area contributed by atoms with E-state index in [1.54, 1.807) is 18.3 Å². The standard InChI is InChI=1S/C17H21N3O/c1-17(2,3)15-6-4-5-7-16(15)20-12-19-11-14-9-8-13(10-18)21-14/h4-11,18,20H,12H2,1-3H3/b18-10?,19-11+. The molecule has 1 heterocycles. The number of aliphatic imine (C=N–C) groups is 1. The number of hydrogen-bond donors (Lipinski definition) is 2. The molecule has 4 nitrogen and oxygen atoms in total. The molecule has 0 bridgehead atoms. The second-order valence-electron chi connectivity index (χ2n) is 5.83. The summed E-state index contributed by atoms with van der Waals surface area (Å²) in [6, 6.07) is 11.8. The lowest BCUT2D eigenvalue weighted by atomic mass is 9.86. The highest BCUT2D eigenvalue weighted by Gasteiger charge is 2.16. The molecule has 0 unspecified atom stereocenters. The highest BCUT2D eigenvalue weighted by Crippen LogP contribution is 2.28. The summed E-state index contributed by atoms with van der Waals surface area (Å²) in [5.41, 5.74) is 2.46. The van der Waals surface area contributed by atoms with E-state index in [1.165, 1.54) is 11.8 Å². The van der Waals surface area contributed by atoms with Gasteiger partial charge in [-0.25, -0.2) is 0 Å². The summed E-state index contributed by atoms with van der Waals surface area (Å²) in [6.07, 6.45) is 2.84. The van der Waals surface area contributed by atoms with Crippen molar-refractivity contribution >= 4 is 18.1 Å². The topological polar surface area (TPSA) is 61.4 Å². The normalized spacial score (nSPS) is 11.8. The van der Waals surface area contributed by atoms with Gasteiger partial charge in [-0.1, -0.05) is 39.0 Å². The van der Waals surface area contributed by atoms with Crippen LogP contribution in [0.2, 0.25) is 0 Å². The predicted octanol–water partition coefficient (Wildman–Crippen LogP) is 4.06. The van der Waals surface area contributed by atoms with E-state index < -0.39 is 0 Å². The van der Waals surface area contributed by atoms with Crippen molar-refractivity contribution in [2.45, 2.75) is 26.2 Å². The van der Waals surface area contributed by atoms with Crippen molar-refractivity contribution in [3.05, 3.63) is 53.5 Å². The third-order valence-corrected chi connectivity index (χ3v) is 3.10. The lowest BCUT2D eigenvalue weighted by Crippen LogP contribution is -2.14. The van der Waals surface area contributed by atoms with E-state index in [0.29, 0.717) is 18.2 Å². The fraction of sp³-hybridized carbons (Fsp3) is 0.294. The van der Waals surface area contributed by atoms with Gasteiger partial charge in [0, 0.05) is 5.69 Å². The Bertz CT molecular complexity index is 635. The molecule has 0 spiro atoms. The third-order valence-electron chi connectivity index (χ3n) is 3.10. The minimum Gasteiger partial charge on any atom is -0.454 e. The lowest BCUT2D eigenvalue weighted by Gasteiger charge is -2.22. The Balaban J connectivity index is 1.99. The van der Waals surface area contributed by atoms with Gasteiger partial charge in [-0.15, -0.1) is 0 Å². The van der Waals surface area contributed by atoms with Crippen LogP contribution in [-0.2, 0) is 5.41 Å². The van der Waals surface area contributed by atoms with Gasteiger partial charge in [-0.2, -0.15) is 0 Å². The van der Waals surface area contributed by atoms with Crippen molar-refractivity contribution in [1.82, 2.24) is 0 Å². The number of benzene rings is 1. The maximum Gasteiger partial charge on any atom is 0.145 e. The first-order valence-corrected chi connectivity index (χ1v) is 6.94. The summed E-state index contributed by atoms with van der Waals surface area (Å²) >= 11 is 0. The Morgan fingerprint density at radius 2 is 1.86 bits per heavy atom. The average molecular weight is 283 g/mol. The van der Waals surface area contributed by atoms with Gasteiger partial charge >= 0.3 is 0 Å². The Morgan fingerprint density at radius 1 is 1.14 bits per heavy atom. The monoisotopic (exact) mass is 283 g/mol. The largest absolute Gasteiger partial charge is 0.454 e. The van der Waals surface area contributed by atoms with E-state index >= 15 is 0 Å². The molecule has 0 aliphatic carbocycles. The number of rotatable bonds is 5. The molecule has 0 aliphatic heterocycles. The number of furan rings is 1. The number of nitrogens with zero attached hydrogens (tertiary/aromatic N) is 1. The van der Waals surface area contributed by atoms with Gasteiger partial charge in [-0.3, -0.25) is 4.99 Å². The third kappa shape index (κ3) is 4.05. The van der Waals surface area contributed by atoms with Gasteiger partial charge in [0.25, 0.3) is 0 Å². The summed E-state index contributed by atoms with van der Waals surface area (Å²) in [7, 11) is 0. The Morgan fingerprint density at radius 3 is 2.52 bits per heavy atom. The Hall–Kier alpha value is -2.36. The molecular weight excluding hydrogens is 262 g/mol. The van der Waals surface area contributed by atoms with Gasteiger partial charge in [0.05, 0.1) is 12.4 Å². The highest BCUT2D eigenvalue weighted by molar-refractivity contribution is 5.79. The lowest BCUT2D eigenvalue weighted by molar-refractivity contribution is 0.553. The molecule has 0 amide bonds. The molecule has 0 saturated heterocycles. The molecule has 21 heavy (non-hydrogen) atoms. The zero-order valence-corrected chi connectivity index (χ0v) is 12.7. The SMILES string of the molecule is CC(C)(C)c1ccccc1NC/N=C/c1ccc(C=N)o1. The van der Waals surface area contributed by atoms with E-state index in [9.17, 15) is 0 Å². The van der Waals surface area contributed by atoms with Crippen LogP contribution in [0, 0.1) is 5.41 Å². The van der Waals surface area contributed by atoms with Crippen molar-refractivity contribution < 1.29 is 4.42 Å². The highest BCUT2D eigenvalue weighted by atomic mass is 16.3. The summed E-state index contributed by atoms with van der Waals surface area (Å²) in [6.45, 7) is 7.06. The molecule has 1 aromatic heterocycles. The number of nitrogens with one attached hydrogen (secondary N) is 2. The average Bonchev–Trinajstić information content (AvgIpc) is 2.91. The van der Waals surface area contributed by atoms with E-state index in [4.69, 9.17) is 9.83 Å². The zero-order valence-electron chi connectivity index (χ0n) is 12.7. The summed E-state index contributed by atoms with van der Waals surface area (Å²) in [5, 5.41) is 10.4. The Labute approximate surface area is 125 Å². The number of anilines is 1. The van der Waals surface area contributed by atoms with Crippen molar-refractivity contribution in [2.24, 2.45) is 4.99 Å². The van der Waals surface area contributed by atoms with Crippen molar-refractivity contribution in [1.29, 1.82) is 5.41 Å². The number of hydrogen-bond acceptors (Lipinski definition) is 4. The van der Waals surface area contributed by atoms with Gasteiger partial charge in [0.2, 0.25) is 0 Å². The molecule has 0 aliphatic rings. The molecule has 4 heteroatoms. The maximum atomic E-state index is 7.09. The second-order valence-corrected chi connectivity index (χ2v) is 5.83. The first-order valence-electron chi connectivity index (χ1n) is 6.94. The molecule has 0 atom stereocenters. The molecule has 0 fully saturated rings. The Kier molecular flexibility index (Phi) is 4.58. The van der Waals surface area contributed by atoms with Crippen molar-refractivity contribution in [3.63, 3.8) is 0 Å². The first-order chi connectivity index (χ1) is 10.0. The van der Waals surface area contributed by atoms with Crippen LogP contribution in [0.25, 0.3) is 0 Å². The van der Waals surface area contributed by atoms with Crippen LogP contribution >= 0.6 is 0 Å². The van der Waals surface area contributed by atoms with Crippen LogP contribution in [0.4, 0.5) is 5.69 Å². The molecule has 2 N–H and O–H groups in total. The smallest absolute Gasteiger partial charge is 0.145 e. The molecule has 2 aromatic rings. The van der Waals surface area contributed by atoms with Gasteiger partial charge in [0.15, 0.2) is 0 Å². The molecule has 0 saturated carbocycles. The fourth-order valence-electron chi connectivity index (χ4n) is 2.07. The van der Waals surface area contributed by atoms with Gasteiger partial charge in [0.1, 0.15) is 18.2 Å². The molecule has 2 rings (SSSR count). The summed E-state index contributed by atoms with van der Waals surface area (Å²) in [4.78, 5) is 4.30. The molecule has 0 radical (unpaired) electrons. The second kappa shape index (κ2) is 6.39. The summed E-state index contributed by atoms with van der Waals surface area (Å²) < 4.78 is 5.34. The van der Waals surface area contributed by atoms with Crippen LogP contribution < -0.4 is 5.32 Å². The molecule has 1 aromatic carbocycles. The molecule has 110 valence electrons. The predicted molar refractivity (Wildman–Crippen MR) is 87.8 cm³/mol.